The normalized spacial score (nSPS) is 11.9. The van der Waals surface area contributed by atoms with Crippen molar-refractivity contribution in [3.63, 3.8) is 0 Å². The van der Waals surface area contributed by atoms with Crippen molar-refractivity contribution in [3.05, 3.63) is 23.8 Å². The number of benzene rings is 1. The third kappa shape index (κ3) is 6.60. The molecule has 1 aromatic rings. The fraction of sp³-hybridized carbons (Fsp3) is 0.471. The Hall–Kier alpha value is -2.81. The van der Waals surface area contributed by atoms with Crippen molar-refractivity contribution in [2.75, 3.05) is 18.6 Å². The van der Waals surface area contributed by atoms with Gasteiger partial charge in [-0.1, -0.05) is 0 Å². The predicted molar refractivity (Wildman–Crippen MR) is 96.9 cm³/mol. The van der Waals surface area contributed by atoms with Crippen molar-refractivity contribution in [1.29, 1.82) is 0 Å². The molecule has 0 aliphatic rings. The van der Waals surface area contributed by atoms with E-state index in [9.17, 15) is 14.4 Å². The van der Waals surface area contributed by atoms with Crippen LogP contribution in [-0.4, -0.2) is 43.7 Å². The monoisotopic (exact) mass is 366 g/mol. The number of nitrogens with two attached hydrogens (primary N) is 1. The standard InChI is InChI=1S/C17H26N4O5/c1-11(19-16(24)26-17(2,3)4)9-25-14-7-6-12(15(23)20-18)8-13(14)21(5)10-22/h6-8,10-11H,9,18H2,1-5H3,(H,19,24)(H,20,23)/t11-/m1/s1. The molecule has 0 aliphatic carbocycles. The molecule has 0 spiro atoms. The first-order chi connectivity index (χ1) is 12.1. The number of alkyl carbamates (subject to hydrolysis) is 1. The average Bonchev–Trinajstić information content (AvgIpc) is 2.56. The lowest BCUT2D eigenvalue weighted by Gasteiger charge is -2.23. The van der Waals surface area contributed by atoms with E-state index in [1.807, 2.05) is 5.43 Å². The molecule has 0 heterocycles. The first kappa shape index (κ1) is 21.2. The van der Waals surface area contributed by atoms with Gasteiger partial charge in [0.2, 0.25) is 6.41 Å². The lowest BCUT2D eigenvalue weighted by Crippen LogP contribution is -2.40. The van der Waals surface area contributed by atoms with E-state index < -0.39 is 17.6 Å². The predicted octanol–water partition coefficient (Wildman–Crippen LogP) is 1.17. The van der Waals surface area contributed by atoms with Crippen LogP contribution in [0, 0.1) is 0 Å². The van der Waals surface area contributed by atoms with Gasteiger partial charge in [0.1, 0.15) is 18.0 Å². The number of hydrogen-bond acceptors (Lipinski definition) is 6. The first-order valence-electron chi connectivity index (χ1n) is 8.03. The number of nitrogen functional groups attached to an aromatic ring is 1. The number of amides is 3. The molecule has 0 aromatic heterocycles. The van der Waals surface area contributed by atoms with E-state index in [-0.39, 0.29) is 18.2 Å². The number of hydrogen-bond donors (Lipinski definition) is 3. The highest BCUT2D eigenvalue weighted by molar-refractivity contribution is 5.96. The largest absolute Gasteiger partial charge is 0.489 e. The Morgan fingerprint density at radius 2 is 2.00 bits per heavy atom. The number of carbonyl (C=O) groups excluding carboxylic acids is 3. The Morgan fingerprint density at radius 1 is 1.35 bits per heavy atom. The topological polar surface area (TPSA) is 123 Å². The van der Waals surface area contributed by atoms with Gasteiger partial charge >= 0.3 is 6.09 Å². The molecule has 9 heteroatoms. The van der Waals surface area contributed by atoms with Gasteiger partial charge < -0.3 is 19.7 Å². The van der Waals surface area contributed by atoms with Crippen LogP contribution in [0.15, 0.2) is 18.2 Å². The number of ether oxygens (including phenoxy) is 2. The van der Waals surface area contributed by atoms with Gasteiger partial charge in [-0.25, -0.2) is 10.6 Å². The van der Waals surface area contributed by atoms with Crippen LogP contribution >= 0.6 is 0 Å². The number of anilines is 1. The zero-order chi connectivity index (χ0) is 19.9. The van der Waals surface area contributed by atoms with Gasteiger partial charge in [-0.2, -0.15) is 0 Å². The summed E-state index contributed by atoms with van der Waals surface area (Å²) in [6.45, 7) is 7.21. The molecule has 0 fully saturated rings. The molecule has 144 valence electrons. The van der Waals surface area contributed by atoms with Gasteiger partial charge in [0.05, 0.1) is 11.7 Å². The molecule has 0 saturated heterocycles. The van der Waals surface area contributed by atoms with E-state index in [0.717, 1.165) is 0 Å². The van der Waals surface area contributed by atoms with Crippen LogP contribution in [-0.2, 0) is 9.53 Å². The summed E-state index contributed by atoms with van der Waals surface area (Å²) in [6.07, 6.45) is 0.0446. The summed E-state index contributed by atoms with van der Waals surface area (Å²) in [6, 6.07) is 4.22. The summed E-state index contributed by atoms with van der Waals surface area (Å²) in [4.78, 5) is 35.8. The van der Waals surface area contributed by atoms with Gasteiger partial charge in [0, 0.05) is 12.6 Å². The number of nitrogens with zero attached hydrogens (tertiary/aromatic N) is 1. The van der Waals surface area contributed by atoms with Gasteiger partial charge in [-0.3, -0.25) is 15.0 Å². The molecule has 4 N–H and O–H groups in total. The molecule has 0 radical (unpaired) electrons. The minimum atomic E-state index is -0.593. The molecule has 1 rings (SSSR count). The van der Waals surface area contributed by atoms with Crippen molar-refractivity contribution in [1.82, 2.24) is 10.7 Å². The molecular weight excluding hydrogens is 340 g/mol. The molecule has 1 atom stereocenters. The fourth-order valence-electron chi connectivity index (χ4n) is 1.96. The molecule has 0 unspecified atom stereocenters. The van der Waals surface area contributed by atoms with Crippen molar-refractivity contribution in [3.8, 4) is 5.75 Å². The van der Waals surface area contributed by atoms with Crippen LogP contribution in [0.1, 0.15) is 38.1 Å². The van der Waals surface area contributed by atoms with E-state index in [1.165, 1.54) is 24.1 Å². The second kappa shape index (κ2) is 9.04. The number of nitrogens with one attached hydrogen (secondary N) is 2. The first-order valence-corrected chi connectivity index (χ1v) is 8.03. The van der Waals surface area contributed by atoms with Crippen molar-refractivity contribution in [2.24, 2.45) is 5.84 Å². The van der Waals surface area contributed by atoms with Crippen LogP contribution in [0.3, 0.4) is 0 Å². The summed E-state index contributed by atoms with van der Waals surface area (Å²) >= 11 is 0. The zero-order valence-corrected chi connectivity index (χ0v) is 15.7. The molecule has 0 aliphatic heterocycles. The second-order valence-electron chi connectivity index (χ2n) is 6.73. The summed E-state index contributed by atoms with van der Waals surface area (Å²) < 4.78 is 10.9. The van der Waals surface area contributed by atoms with Crippen LogP contribution in [0.4, 0.5) is 10.5 Å². The maximum atomic E-state index is 11.8. The molecule has 1 aromatic carbocycles. The summed E-state index contributed by atoms with van der Waals surface area (Å²) in [5.74, 6) is 5.01. The Kier molecular flexibility index (Phi) is 7.39. The molecular formula is C17H26N4O5. The van der Waals surface area contributed by atoms with E-state index in [4.69, 9.17) is 15.3 Å². The Bertz CT molecular complexity index is 657. The Labute approximate surface area is 152 Å². The van der Waals surface area contributed by atoms with Crippen LogP contribution in [0.2, 0.25) is 0 Å². The highest BCUT2D eigenvalue weighted by atomic mass is 16.6. The fourth-order valence-corrected chi connectivity index (χ4v) is 1.96. The van der Waals surface area contributed by atoms with Crippen LogP contribution < -0.4 is 26.2 Å². The molecule has 3 amide bonds. The summed E-state index contributed by atoms with van der Waals surface area (Å²) in [5, 5.41) is 2.66. The molecule has 0 saturated carbocycles. The summed E-state index contributed by atoms with van der Waals surface area (Å²) in [5.41, 5.74) is 2.11. The van der Waals surface area contributed by atoms with Crippen molar-refractivity contribution >= 4 is 24.1 Å². The van der Waals surface area contributed by atoms with E-state index in [0.29, 0.717) is 17.8 Å². The van der Waals surface area contributed by atoms with E-state index in [2.05, 4.69) is 5.32 Å². The van der Waals surface area contributed by atoms with Gasteiger partial charge in [0.15, 0.2) is 0 Å². The Balaban J connectivity index is 2.81. The number of rotatable bonds is 7. The second-order valence-corrected chi connectivity index (χ2v) is 6.73. The Morgan fingerprint density at radius 3 is 2.54 bits per heavy atom. The molecule has 9 nitrogen and oxygen atoms in total. The zero-order valence-electron chi connectivity index (χ0n) is 15.7. The minimum absolute atomic E-state index is 0.140. The number of hydrazine groups is 1. The quantitative estimate of drug-likeness (QED) is 0.288. The van der Waals surface area contributed by atoms with E-state index >= 15 is 0 Å². The highest BCUT2D eigenvalue weighted by Crippen LogP contribution is 2.28. The van der Waals surface area contributed by atoms with Crippen LogP contribution in [0.25, 0.3) is 0 Å². The minimum Gasteiger partial charge on any atom is -0.489 e. The third-order valence-electron chi connectivity index (χ3n) is 3.14. The third-order valence-corrected chi connectivity index (χ3v) is 3.14. The molecule has 26 heavy (non-hydrogen) atoms. The average molecular weight is 366 g/mol. The van der Waals surface area contributed by atoms with Gasteiger partial charge in [-0.05, 0) is 45.9 Å². The van der Waals surface area contributed by atoms with Gasteiger partial charge in [-0.15, -0.1) is 0 Å². The highest BCUT2D eigenvalue weighted by Gasteiger charge is 2.19. The molecule has 0 bridgehead atoms. The number of carbonyl (C=O) groups is 3. The van der Waals surface area contributed by atoms with Gasteiger partial charge in [0.25, 0.3) is 5.91 Å². The lowest BCUT2D eigenvalue weighted by atomic mass is 10.1. The summed E-state index contributed by atoms with van der Waals surface area (Å²) in [7, 11) is 1.53. The maximum absolute atomic E-state index is 11.8. The smallest absolute Gasteiger partial charge is 0.407 e. The SMILES string of the molecule is C[C@H](COc1ccc(C(=O)NN)cc1N(C)C=O)NC(=O)OC(C)(C)C. The van der Waals surface area contributed by atoms with E-state index in [1.54, 1.807) is 33.8 Å². The lowest BCUT2D eigenvalue weighted by molar-refractivity contribution is -0.107. The van der Waals surface area contributed by atoms with Crippen molar-refractivity contribution in [2.45, 2.75) is 39.3 Å². The maximum Gasteiger partial charge on any atom is 0.407 e. The van der Waals surface area contributed by atoms with Crippen LogP contribution in [0.5, 0.6) is 5.75 Å². The van der Waals surface area contributed by atoms with Crippen molar-refractivity contribution < 1.29 is 23.9 Å².